The largest absolute Gasteiger partial charge is 0.428 e. The summed E-state index contributed by atoms with van der Waals surface area (Å²) in [7, 11) is 0. The Morgan fingerprint density at radius 2 is 1.69 bits per heavy atom. The third-order valence-electron chi connectivity index (χ3n) is 6.63. The molecule has 2 aromatic rings. The highest BCUT2D eigenvalue weighted by Crippen LogP contribution is 2.49. The van der Waals surface area contributed by atoms with Crippen molar-refractivity contribution in [2.75, 3.05) is 13.1 Å². The smallest absolute Gasteiger partial charge is 0.338 e. The van der Waals surface area contributed by atoms with Crippen LogP contribution in [-0.2, 0) is 20.6 Å². The number of halogens is 6. The van der Waals surface area contributed by atoms with E-state index in [1.165, 1.54) is 0 Å². The quantitative estimate of drug-likeness (QED) is 0.482. The van der Waals surface area contributed by atoms with Crippen LogP contribution >= 0.6 is 34.8 Å². The van der Waals surface area contributed by atoms with Gasteiger partial charge in [-0.25, -0.2) is 0 Å². The monoisotopic (exact) mass is 541 g/mol. The van der Waals surface area contributed by atoms with Crippen LogP contribution in [0.5, 0.6) is 0 Å². The van der Waals surface area contributed by atoms with E-state index >= 15 is 0 Å². The third-order valence-corrected chi connectivity index (χ3v) is 7.82. The van der Waals surface area contributed by atoms with E-state index in [1.807, 2.05) is 0 Å². The van der Waals surface area contributed by atoms with Crippen LogP contribution in [-0.4, -0.2) is 30.1 Å². The van der Waals surface area contributed by atoms with Crippen LogP contribution in [0.2, 0.25) is 15.1 Å². The molecule has 1 saturated heterocycles. The van der Waals surface area contributed by atoms with Crippen LogP contribution in [0.25, 0.3) is 5.70 Å². The van der Waals surface area contributed by atoms with Crippen molar-refractivity contribution in [1.82, 2.24) is 10.4 Å². The van der Waals surface area contributed by atoms with E-state index in [2.05, 4.69) is 11.5 Å². The molecule has 11 heteroatoms. The second-order valence-electron chi connectivity index (χ2n) is 8.99. The number of nitrogens with one attached hydrogen (secondary N) is 1. The molecule has 1 amide bonds. The summed E-state index contributed by atoms with van der Waals surface area (Å²) in [4.78, 5) is 19.0. The van der Waals surface area contributed by atoms with Crippen molar-refractivity contribution >= 4 is 46.4 Å². The molecule has 1 N–H and O–H groups in total. The van der Waals surface area contributed by atoms with Gasteiger partial charge in [0.25, 0.3) is 0 Å². The molecule has 1 unspecified atom stereocenters. The van der Waals surface area contributed by atoms with Crippen molar-refractivity contribution in [1.29, 1.82) is 5.26 Å². The Balaban J connectivity index is 1.43. The molecule has 0 radical (unpaired) electrons. The van der Waals surface area contributed by atoms with E-state index in [-0.39, 0.29) is 38.2 Å². The summed E-state index contributed by atoms with van der Waals surface area (Å²) in [5.74, 6) is 0.157. The van der Waals surface area contributed by atoms with Crippen molar-refractivity contribution < 1.29 is 22.8 Å². The lowest BCUT2D eigenvalue weighted by atomic mass is 9.74. The number of alkyl halides is 3. The predicted molar refractivity (Wildman–Crippen MR) is 124 cm³/mol. The number of likely N-dealkylation sites (tertiary alicyclic amines) is 1. The average molecular weight is 543 g/mol. The Kier molecular flexibility index (Phi) is 5.76. The van der Waals surface area contributed by atoms with E-state index in [0.717, 1.165) is 31.1 Å². The second kappa shape index (κ2) is 8.31. The number of carbonyl (C=O) groups is 1. The molecular formula is C24H17Cl3F3N3O2. The lowest BCUT2D eigenvalue weighted by Gasteiger charge is -2.46. The normalized spacial score (nSPS) is 23.2. The van der Waals surface area contributed by atoms with Crippen molar-refractivity contribution in [3.63, 3.8) is 0 Å². The van der Waals surface area contributed by atoms with E-state index in [0.29, 0.717) is 24.2 Å². The van der Waals surface area contributed by atoms with Gasteiger partial charge in [-0.1, -0.05) is 59.1 Å². The molecule has 0 aromatic heterocycles. The number of amides is 1. The third kappa shape index (κ3) is 3.95. The van der Waals surface area contributed by atoms with Crippen LogP contribution < -0.4 is 5.48 Å². The minimum absolute atomic E-state index is 0.0556. The van der Waals surface area contributed by atoms with E-state index in [9.17, 15) is 23.2 Å². The van der Waals surface area contributed by atoms with Gasteiger partial charge in [0.2, 0.25) is 11.5 Å². The van der Waals surface area contributed by atoms with E-state index < -0.39 is 17.2 Å². The molecule has 0 spiro atoms. The molecule has 5 rings (SSSR count). The van der Waals surface area contributed by atoms with Crippen molar-refractivity contribution in [3.8, 4) is 6.07 Å². The maximum Gasteiger partial charge on any atom is 0.428 e. The SMILES string of the molecule is N#CC1(c2ccc(C3=CC(c4cc(Cl)c(Cl)c(Cl)c4)(C(F)(F)F)ON3)cc2)CN(C(=O)C2CC2)C1. The average Bonchev–Trinajstić information content (AvgIpc) is 3.54. The van der Waals surface area contributed by atoms with Gasteiger partial charge in [0.1, 0.15) is 5.41 Å². The topological polar surface area (TPSA) is 65.4 Å². The highest BCUT2D eigenvalue weighted by molar-refractivity contribution is 6.48. The van der Waals surface area contributed by atoms with Gasteiger partial charge in [-0.3, -0.25) is 15.1 Å². The zero-order valence-electron chi connectivity index (χ0n) is 17.9. The highest BCUT2D eigenvalue weighted by atomic mass is 35.5. The van der Waals surface area contributed by atoms with Crippen LogP contribution in [0, 0.1) is 17.2 Å². The number of carbonyl (C=O) groups excluding carboxylic acids is 1. The first kappa shape index (κ1) is 24.3. The van der Waals surface area contributed by atoms with Gasteiger partial charge < -0.3 is 4.90 Å². The summed E-state index contributed by atoms with van der Waals surface area (Å²) >= 11 is 17.9. The number of rotatable bonds is 4. The molecule has 5 nitrogen and oxygen atoms in total. The predicted octanol–water partition coefficient (Wildman–Crippen LogP) is 5.99. The minimum atomic E-state index is -4.85. The van der Waals surface area contributed by atoms with Crippen LogP contribution in [0.1, 0.15) is 29.5 Å². The van der Waals surface area contributed by atoms with Crippen molar-refractivity contribution in [3.05, 3.63) is 74.2 Å². The molecule has 2 fully saturated rings. The Hall–Kier alpha value is -2.44. The first-order valence-corrected chi connectivity index (χ1v) is 11.8. The second-order valence-corrected chi connectivity index (χ2v) is 10.2. The lowest BCUT2D eigenvalue weighted by molar-refractivity contribution is -0.269. The van der Waals surface area contributed by atoms with Crippen LogP contribution in [0.3, 0.4) is 0 Å². The minimum Gasteiger partial charge on any atom is -0.338 e. The summed E-state index contributed by atoms with van der Waals surface area (Å²) in [6.07, 6.45) is -2.16. The standard InChI is InChI=1S/C24H17Cl3F3N3O2/c25-17-7-16(8-18(26)20(17)27)23(24(28,29)30)9-19(32-35-23)13-3-5-15(6-4-13)22(10-31)11-33(12-22)21(34)14-1-2-14/h3-9,14,32H,1-2,11-12H2. The number of nitrogens with zero attached hydrogens (tertiary/aromatic N) is 2. The van der Waals surface area contributed by atoms with Gasteiger partial charge in [-0.2, -0.15) is 18.4 Å². The number of nitriles is 1. The summed E-state index contributed by atoms with van der Waals surface area (Å²) in [5.41, 5.74) is -0.435. The lowest BCUT2D eigenvalue weighted by Crippen LogP contribution is -2.60. The molecular weight excluding hydrogens is 526 g/mol. The van der Waals surface area contributed by atoms with Crippen molar-refractivity contribution in [2.45, 2.75) is 30.0 Å². The summed E-state index contributed by atoms with van der Waals surface area (Å²) < 4.78 is 42.7. The summed E-state index contributed by atoms with van der Waals surface area (Å²) in [6, 6.07) is 11.0. The first-order chi connectivity index (χ1) is 16.5. The van der Waals surface area contributed by atoms with Gasteiger partial charge in [-0.05, 0) is 42.2 Å². The molecule has 1 atom stereocenters. The number of hydroxylamine groups is 1. The highest BCUT2D eigenvalue weighted by Gasteiger charge is 2.60. The van der Waals surface area contributed by atoms with Gasteiger partial charge >= 0.3 is 6.18 Å². The Morgan fingerprint density at radius 1 is 1.09 bits per heavy atom. The van der Waals surface area contributed by atoms with Gasteiger partial charge in [0, 0.05) is 24.6 Å². The zero-order chi connectivity index (χ0) is 25.2. The number of hydrogen-bond donors (Lipinski definition) is 1. The molecule has 2 aliphatic heterocycles. The molecule has 1 aliphatic carbocycles. The van der Waals surface area contributed by atoms with Gasteiger partial charge in [-0.15, -0.1) is 0 Å². The van der Waals surface area contributed by atoms with Crippen LogP contribution in [0.15, 0.2) is 42.5 Å². The fourth-order valence-corrected chi connectivity index (χ4v) is 4.99. The molecule has 3 aliphatic rings. The zero-order valence-corrected chi connectivity index (χ0v) is 20.2. The molecule has 2 heterocycles. The van der Waals surface area contributed by atoms with Crippen molar-refractivity contribution in [2.24, 2.45) is 5.92 Å². The van der Waals surface area contributed by atoms with E-state index in [1.54, 1.807) is 29.2 Å². The molecule has 1 saturated carbocycles. The fourth-order valence-electron chi connectivity index (χ4n) is 4.39. The maximum atomic E-state index is 14.2. The molecule has 35 heavy (non-hydrogen) atoms. The van der Waals surface area contributed by atoms with Crippen LogP contribution in [0.4, 0.5) is 13.2 Å². The van der Waals surface area contributed by atoms with Gasteiger partial charge in [0.15, 0.2) is 0 Å². The van der Waals surface area contributed by atoms with E-state index in [4.69, 9.17) is 39.6 Å². The molecule has 182 valence electrons. The Labute approximate surface area is 213 Å². The summed E-state index contributed by atoms with van der Waals surface area (Å²) in [5, 5.41) is 9.46. The Bertz CT molecular complexity index is 1260. The van der Waals surface area contributed by atoms with Gasteiger partial charge in [0.05, 0.1) is 26.8 Å². The number of hydrogen-bond acceptors (Lipinski definition) is 4. The molecule has 0 bridgehead atoms. The summed E-state index contributed by atoms with van der Waals surface area (Å²) in [6.45, 7) is 0.606. The Morgan fingerprint density at radius 3 is 2.20 bits per heavy atom. The number of benzene rings is 2. The molecule has 2 aromatic carbocycles. The fraction of sp³-hybridized carbons (Fsp3) is 0.333. The maximum absolute atomic E-state index is 14.2. The first-order valence-electron chi connectivity index (χ1n) is 10.7.